The molecule has 0 N–H and O–H groups in total. The van der Waals surface area contributed by atoms with Crippen LogP contribution in [0.25, 0.3) is 0 Å². The van der Waals surface area contributed by atoms with Gasteiger partial charge in [-0.05, 0) is 24.6 Å². The summed E-state index contributed by atoms with van der Waals surface area (Å²) in [4.78, 5) is 13.8. The predicted octanol–water partition coefficient (Wildman–Crippen LogP) is 3.18. The van der Waals surface area contributed by atoms with Gasteiger partial charge in [-0.25, -0.2) is 0 Å². The van der Waals surface area contributed by atoms with Crippen LogP contribution in [0.2, 0.25) is 0 Å². The van der Waals surface area contributed by atoms with Crippen molar-refractivity contribution in [1.82, 2.24) is 4.90 Å². The van der Waals surface area contributed by atoms with Crippen LogP contribution in [0.3, 0.4) is 0 Å². The van der Waals surface area contributed by atoms with Crippen molar-refractivity contribution < 1.29 is 4.79 Å². The third-order valence-electron chi connectivity index (χ3n) is 2.88. The number of fused-ring (bicyclic) bond motifs is 1. The summed E-state index contributed by atoms with van der Waals surface area (Å²) in [6.07, 6.45) is 0. The lowest BCUT2D eigenvalue weighted by atomic mass is 10.0. The zero-order valence-electron chi connectivity index (χ0n) is 10.7. The zero-order chi connectivity index (χ0) is 12.1. The second-order valence-electron chi connectivity index (χ2n) is 3.78. The lowest BCUT2D eigenvalue weighted by Gasteiger charge is -2.20. The average Bonchev–Trinajstić information content (AvgIpc) is 2.69. The highest BCUT2D eigenvalue weighted by Gasteiger charge is 2.31. The summed E-state index contributed by atoms with van der Waals surface area (Å²) < 4.78 is 0. The second-order valence-corrected chi connectivity index (χ2v) is 3.78. The van der Waals surface area contributed by atoms with Crippen molar-refractivity contribution in [3.05, 3.63) is 35.4 Å². The smallest absolute Gasteiger partial charge is 0.151 e. The maximum atomic E-state index is 11.5. The van der Waals surface area contributed by atoms with Crippen molar-refractivity contribution in [2.24, 2.45) is 0 Å². The van der Waals surface area contributed by atoms with Crippen LogP contribution in [0.4, 0.5) is 0 Å². The molecule has 1 unspecified atom stereocenters. The molecule has 2 rings (SSSR count). The van der Waals surface area contributed by atoms with Crippen LogP contribution in [0.5, 0.6) is 0 Å². The van der Waals surface area contributed by atoms with Crippen LogP contribution in [0.15, 0.2) is 24.3 Å². The summed E-state index contributed by atoms with van der Waals surface area (Å²) >= 11 is 0. The number of likely N-dealkylation sites (N-methyl/N-ethyl adjacent to an activating group) is 1. The Balaban J connectivity index is 0.000000606. The number of Topliss-reactive ketones (excluding diaryl/α,β-unsaturated/α-hetero) is 1. The van der Waals surface area contributed by atoms with Gasteiger partial charge in [0, 0.05) is 6.54 Å². The van der Waals surface area contributed by atoms with E-state index in [9.17, 15) is 4.79 Å². The van der Waals surface area contributed by atoms with Gasteiger partial charge in [0.2, 0.25) is 0 Å². The lowest BCUT2D eigenvalue weighted by molar-refractivity contribution is -0.122. The summed E-state index contributed by atoms with van der Waals surface area (Å²) in [5.41, 5.74) is 2.50. The fraction of sp³-hybridized carbons (Fsp3) is 0.500. The highest BCUT2D eigenvalue weighted by molar-refractivity contribution is 5.84. The van der Waals surface area contributed by atoms with Crippen molar-refractivity contribution in [2.75, 3.05) is 6.54 Å². The maximum absolute atomic E-state index is 11.5. The fourth-order valence-electron chi connectivity index (χ4n) is 2.22. The number of rotatable bonds is 2. The molecule has 0 radical (unpaired) electrons. The first kappa shape index (κ1) is 12.9. The van der Waals surface area contributed by atoms with Gasteiger partial charge < -0.3 is 0 Å². The normalized spacial score (nSPS) is 18.6. The molecule has 0 fully saturated rings. The molecule has 88 valence electrons. The topological polar surface area (TPSA) is 20.3 Å². The minimum absolute atomic E-state index is 0.00352. The molecular formula is C14H21NO. The predicted molar refractivity (Wildman–Crippen MR) is 67.3 cm³/mol. The molecule has 2 heteroatoms. The van der Waals surface area contributed by atoms with E-state index < -0.39 is 0 Å². The Hall–Kier alpha value is -1.15. The van der Waals surface area contributed by atoms with Crippen molar-refractivity contribution in [1.29, 1.82) is 0 Å². The third kappa shape index (κ3) is 2.33. The highest BCUT2D eigenvalue weighted by Crippen LogP contribution is 2.33. The first-order chi connectivity index (χ1) is 7.74. The van der Waals surface area contributed by atoms with Gasteiger partial charge in [-0.2, -0.15) is 0 Å². The number of carbonyl (C=O) groups is 1. The van der Waals surface area contributed by atoms with E-state index in [4.69, 9.17) is 0 Å². The Labute approximate surface area is 98.3 Å². The minimum atomic E-state index is -0.00352. The molecule has 0 aliphatic carbocycles. The molecule has 2 nitrogen and oxygen atoms in total. The van der Waals surface area contributed by atoms with Crippen LogP contribution >= 0.6 is 0 Å². The van der Waals surface area contributed by atoms with E-state index in [1.54, 1.807) is 6.92 Å². The van der Waals surface area contributed by atoms with Gasteiger partial charge in [0.1, 0.15) is 0 Å². The average molecular weight is 219 g/mol. The summed E-state index contributed by atoms with van der Waals surface area (Å²) in [7, 11) is 0. The standard InChI is InChI=1S/C12H15NO.C2H6/c1-3-13-8-10-6-4-5-7-11(10)12(13)9(2)14;1-2/h4-7,12H,3,8H2,1-2H3;1-2H3. The molecule has 0 aromatic heterocycles. The Bertz CT molecular complexity index is 360. The molecule has 0 saturated heterocycles. The zero-order valence-corrected chi connectivity index (χ0v) is 10.7. The van der Waals surface area contributed by atoms with E-state index in [2.05, 4.69) is 24.0 Å². The van der Waals surface area contributed by atoms with Crippen molar-refractivity contribution in [2.45, 2.75) is 40.3 Å². The van der Waals surface area contributed by atoms with Crippen LogP contribution in [-0.4, -0.2) is 17.2 Å². The lowest BCUT2D eigenvalue weighted by Crippen LogP contribution is -2.26. The van der Waals surface area contributed by atoms with Crippen LogP contribution in [0, 0.1) is 0 Å². The van der Waals surface area contributed by atoms with Crippen LogP contribution < -0.4 is 0 Å². The van der Waals surface area contributed by atoms with Gasteiger partial charge >= 0.3 is 0 Å². The first-order valence-electron chi connectivity index (χ1n) is 6.06. The van der Waals surface area contributed by atoms with Gasteiger partial charge in [-0.15, -0.1) is 0 Å². The fourth-order valence-corrected chi connectivity index (χ4v) is 2.22. The number of nitrogens with zero attached hydrogens (tertiary/aromatic N) is 1. The van der Waals surface area contributed by atoms with E-state index in [-0.39, 0.29) is 11.8 Å². The third-order valence-corrected chi connectivity index (χ3v) is 2.88. The molecule has 0 saturated carbocycles. The van der Waals surface area contributed by atoms with Crippen molar-refractivity contribution in [3.63, 3.8) is 0 Å². The monoisotopic (exact) mass is 219 g/mol. The maximum Gasteiger partial charge on any atom is 0.151 e. The van der Waals surface area contributed by atoms with E-state index in [1.807, 2.05) is 26.0 Å². The van der Waals surface area contributed by atoms with Gasteiger partial charge in [-0.3, -0.25) is 9.69 Å². The molecule has 1 aliphatic heterocycles. The summed E-state index contributed by atoms with van der Waals surface area (Å²) in [5.74, 6) is 0.247. The van der Waals surface area contributed by atoms with E-state index >= 15 is 0 Å². The molecule has 1 atom stereocenters. The van der Waals surface area contributed by atoms with Gasteiger partial charge in [0.25, 0.3) is 0 Å². The molecule has 16 heavy (non-hydrogen) atoms. The highest BCUT2D eigenvalue weighted by atomic mass is 16.1. The molecule has 0 bridgehead atoms. The van der Waals surface area contributed by atoms with E-state index in [0.29, 0.717) is 0 Å². The number of carbonyl (C=O) groups excluding carboxylic acids is 1. The summed E-state index contributed by atoms with van der Waals surface area (Å²) in [6, 6.07) is 8.22. The quantitative estimate of drug-likeness (QED) is 0.761. The molecule has 0 amide bonds. The Morgan fingerprint density at radius 2 is 2.00 bits per heavy atom. The van der Waals surface area contributed by atoms with Gasteiger partial charge in [0.15, 0.2) is 5.78 Å². The Morgan fingerprint density at radius 3 is 2.56 bits per heavy atom. The first-order valence-corrected chi connectivity index (χ1v) is 6.06. The molecule has 1 heterocycles. The number of hydrogen-bond donors (Lipinski definition) is 0. The van der Waals surface area contributed by atoms with Crippen molar-refractivity contribution in [3.8, 4) is 0 Å². The molecule has 1 aliphatic rings. The number of ketones is 1. The van der Waals surface area contributed by atoms with Gasteiger partial charge in [-0.1, -0.05) is 45.0 Å². The van der Waals surface area contributed by atoms with Crippen molar-refractivity contribution >= 4 is 5.78 Å². The Morgan fingerprint density at radius 1 is 1.38 bits per heavy atom. The van der Waals surface area contributed by atoms with Crippen LogP contribution in [-0.2, 0) is 11.3 Å². The van der Waals surface area contributed by atoms with E-state index in [1.165, 1.54) is 11.1 Å². The summed E-state index contributed by atoms with van der Waals surface area (Å²) in [5, 5.41) is 0. The second kappa shape index (κ2) is 5.80. The SMILES string of the molecule is CC.CCN1Cc2ccccc2C1C(C)=O. The minimum Gasteiger partial charge on any atom is -0.298 e. The Kier molecular flexibility index (Phi) is 4.69. The van der Waals surface area contributed by atoms with Crippen LogP contribution in [0.1, 0.15) is 44.9 Å². The van der Waals surface area contributed by atoms with Gasteiger partial charge in [0.05, 0.1) is 6.04 Å². The van der Waals surface area contributed by atoms with E-state index in [0.717, 1.165) is 13.1 Å². The number of benzene rings is 1. The number of hydrogen-bond acceptors (Lipinski definition) is 2. The largest absolute Gasteiger partial charge is 0.298 e. The molecule has 0 spiro atoms. The molecule has 1 aromatic rings. The molecule has 1 aromatic carbocycles. The summed E-state index contributed by atoms with van der Waals surface area (Å²) in [6.45, 7) is 9.62. The molecular weight excluding hydrogens is 198 g/mol.